The molecule has 4 fully saturated rings. The third-order valence-electron chi connectivity index (χ3n) is 13.8. The number of carboxylic acid groups (broad SMARTS) is 1. The molecule has 0 radical (unpaired) electrons. The monoisotopic (exact) mass is 941 g/mol. The van der Waals surface area contributed by atoms with E-state index < -0.39 is 148 Å². The van der Waals surface area contributed by atoms with Crippen LogP contribution in [0.25, 0.3) is 0 Å². The summed E-state index contributed by atoms with van der Waals surface area (Å²) in [5.41, 5.74) is -8.53. The summed E-state index contributed by atoms with van der Waals surface area (Å²) in [4.78, 5) is 95.4. The standard InChI is InChI=1S/C47H59NO17S/c1-24-28(61-41(57)36(62-32(53)22-66-21-31(51)52)34(26-15-11-9-12-16-26)48-42(58)65-43(3,4)5)20-47(59)39(63-40(56)27-17-13-10-14-18-27)37-45(8,38(55)35(54)33(24)44(47,6)7)29(50)19-30-46(37,23-60-30)64-25(2)49/h9-18,24,28-30,33-37,39,50,54,59H,19-23H2,1-8H3,(H,48,58)(H,51,52)/t24?,28-,29?,30?,33?,34-,35+,36+,37-,39-,45?,46-,47?/m0/s1. The number of aliphatic carboxylic acids is 1. The van der Waals surface area contributed by atoms with Gasteiger partial charge in [0.05, 0.1) is 41.1 Å². The van der Waals surface area contributed by atoms with Gasteiger partial charge in [-0.05, 0) is 51.3 Å². The summed E-state index contributed by atoms with van der Waals surface area (Å²) in [5.74, 6) is -11.1. The minimum absolute atomic E-state index is 0.0488. The first-order chi connectivity index (χ1) is 30.8. The van der Waals surface area contributed by atoms with Crippen molar-refractivity contribution in [2.75, 3.05) is 18.1 Å². The third-order valence-corrected chi connectivity index (χ3v) is 14.7. The lowest BCUT2D eigenvalue weighted by Crippen LogP contribution is -2.83. The van der Waals surface area contributed by atoms with Gasteiger partial charge >= 0.3 is 35.9 Å². The number of nitrogens with one attached hydrogen (secondary N) is 1. The Balaban J connectivity index is 1.49. The maximum absolute atomic E-state index is 15.2. The summed E-state index contributed by atoms with van der Waals surface area (Å²) in [7, 11) is 0. The Morgan fingerprint density at radius 3 is 2.12 bits per heavy atom. The minimum Gasteiger partial charge on any atom is -0.481 e. The van der Waals surface area contributed by atoms with Crippen LogP contribution in [0.4, 0.5) is 4.79 Å². The molecule has 5 N–H and O–H groups in total. The molecule has 360 valence electrons. The van der Waals surface area contributed by atoms with Crippen LogP contribution in [0.3, 0.4) is 0 Å². The van der Waals surface area contributed by atoms with Crippen LogP contribution in [0.5, 0.6) is 0 Å². The molecule has 0 aromatic heterocycles. The van der Waals surface area contributed by atoms with Gasteiger partial charge in [-0.3, -0.25) is 19.2 Å². The maximum atomic E-state index is 15.2. The van der Waals surface area contributed by atoms with E-state index in [-0.39, 0.29) is 24.2 Å². The molecule has 6 rings (SSSR count). The fourth-order valence-corrected chi connectivity index (χ4v) is 11.1. The highest BCUT2D eigenvalue weighted by molar-refractivity contribution is 8.00. The lowest BCUT2D eigenvalue weighted by Gasteiger charge is -2.68. The summed E-state index contributed by atoms with van der Waals surface area (Å²) < 4.78 is 35.8. The summed E-state index contributed by atoms with van der Waals surface area (Å²) in [6, 6.07) is 14.2. The van der Waals surface area contributed by atoms with Crippen molar-refractivity contribution in [3.05, 3.63) is 71.8 Å². The molecular weight excluding hydrogens is 883 g/mol. The molecule has 1 saturated heterocycles. The van der Waals surface area contributed by atoms with Gasteiger partial charge in [-0.15, -0.1) is 11.8 Å². The smallest absolute Gasteiger partial charge is 0.408 e. The number of carboxylic acids is 1. The Bertz CT molecular complexity index is 2180. The van der Waals surface area contributed by atoms with Crippen molar-refractivity contribution in [1.29, 1.82) is 0 Å². The molecule has 2 aromatic carbocycles. The molecule has 18 nitrogen and oxygen atoms in total. The van der Waals surface area contributed by atoms with Crippen LogP contribution in [0.1, 0.15) is 90.2 Å². The second-order valence-corrected chi connectivity index (χ2v) is 20.4. The van der Waals surface area contributed by atoms with Crippen LogP contribution < -0.4 is 5.32 Å². The second-order valence-electron chi connectivity index (χ2n) is 19.4. The van der Waals surface area contributed by atoms with E-state index in [4.69, 9.17) is 28.4 Å². The fourth-order valence-electron chi connectivity index (χ4n) is 10.6. The Morgan fingerprint density at radius 2 is 1.56 bits per heavy atom. The number of hydrogen-bond donors (Lipinski definition) is 5. The van der Waals surface area contributed by atoms with Crippen molar-refractivity contribution in [3.8, 4) is 0 Å². The molecule has 66 heavy (non-hydrogen) atoms. The quantitative estimate of drug-likeness (QED) is 0.142. The van der Waals surface area contributed by atoms with Gasteiger partial charge in [-0.25, -0.2) is 14.4 Å². The molecular formula is C47H59NO17S. The van der Waals surface area contributed by atoms with Gasteiger partial charge in [-0.1, -0.05) is 69.3 Å². The van der Waals surface area contributed by atoms with Crippen LogP contribution in [0, 0.1) is 28.6 Å². The van der Waals surface area contributed by atoms with E-state index in [1.165, 1.54) is 19.1 Å². The van der Waals surface area contributed by atoms with Gasteiger partial charge in [0.15, 0.2) is 11.4 Å². The fraction of sp³-hybridized carbons (Fsp3) is 0.596. The average Bonchev–Trinajstić information content (AvgIpc) is 3.23. The number of benzene rings is 2. The number of aliphatic hydroxyl groups is 3. The number of amides is 1. The average molecular weight is 942 g/mol. The van der Waals surface area contributed by atoms with Gasteiger partial charge in [0.25, 0.3) is 0 Å². The maximum Gasteiger partial charge on any atom is 0.408 e. The molecule has 19 heteroatoms. The lowest BCUT2D eigenvalue weighted by molar-refractivity contribution is -0.355. The number of rotatable bonds is 13. The first kappa shape index (κ1) is 50.3. The molecule has 13 atom stereocenters. The molecule has 3 aliphatic carbocycles. The van der Waals surface area contributed by atoms with Crippen LogP contribution in [-0.4, -0.2) is 134 Å². The Kier molecular flexibility index (Phi) is 14.4. The highest BCUT2D eigenvalue weighted by Crippen LogP contribution is 2.65. The van der Waals surface area contributed by atoms with E-state index in [0.717, 1.165) is 6.92 Å². The van der Waals surface area contributed by atoms with Crippen LogP contribution in [0.2, 0.25) is 0 Å². The van der Waals surface area contributed by atoms with E-state index >= 15 is 4.79 Å². The van der Waals surface area contributed by atoms with E-state index in [0.29, 0.717) is 11.8 Å². The molecule has 2 aromatic rings. The third kappa shape index (κ3) is 9.41. The molecule has 4 aliphatic rings. The van der Waals surface area contributed by atoms with E-state index in [2.05, 4.69) is 5.32 Å². The summed E-state index contributed by atoms with van der Waals surface area (Å²) in [6.45, 7) is 11.7. The van der Waals surface area contributed by atoms with Gasteiger partial charge in [0.2, 0.25) is 6.10 Å². The molecule has 0 spiro atoms. The predicted octanol–water partition coefficient (Wildman–Crippen LogP) is 3.56. The number of esters is 4. The number of alkyl carbamates (subject to hydrolysis) is 1. The molecule has 2 bridgehead atoms. The van der Waals surface area contributed by atoms with E-state index in [1.54, 1.807) is 90.1 Å². The zero-order valence-electron chi connectivity index (χ0n) is 38.1. The number of hydrogen-bond acceptors (Lipinski definition) is 17. The molecule has 6 unspecified atom stereocenters. The van der Waals surface area contributed by atoms with Crippen molar-refractivity contribution in [3.63, 3.8) is 0 Å². The number of ketones is 1. The second kappa shape index (κ2) is 18.9. The van der Waals surface area contributed by atoms with Crippen molar-refractivity contribution >= 4 is 53.5 Å². The number of carbonyl (C=O) groups is 7. The van der Waals surface area contributed by atoms with Crippen molar-refractivity contribution < 1.29 is 82.4 Å². The van der Waals surface area contributed by atoms with Gasteiger partial charge in [-0.2, -0.15) is 0 Å². The number of fused-ring (bicyclic) bond motifs is 5. The van der Waals surface area contributed by atoms with Crippen molar-refractivity contribution in [2.24, 2.45) is 28.6 Å². The molecule has 3 saturated carbocycles. The van der Waals surface area contributed by atoms with Crippen molar-refractivity contribution in [1.82, 2.24) is 5.32 Å². The van der Waals surface area contributed by atoms with E-state index in [9.17, 15) is 49.2 Å². The number of ether oxygens (including phenoxy) is 6. The van der Waals surface area contributed by atoms with E-state index in [1.807, 2.05) is 0 Å². The summed E-state index contributed by atoms with van der Waals surface area (Å²) >= 11 is 0.694. The van der Waals surface area contributed by atoms with Gasteiger partial charge in [0, 0.05) is 31.1 Å². The zero-order valence-corrected chi connectivity index (χ0v) is 38.9. The zero-order chi connectivity index (χ0) is 48.7. The first-order valence-electron chi connectivity index (χ1n) is 21.7. The van der Waals surface area contributed by atoms with Crippen LogP contribution >= 0.6 is 11.8 Å². The normalized spacial score (nSPS) is 33.0. The Labute approximate surface area is 386 Å². The SMILES string of the molecule is CC(=O)O[C@@]12COC1CC(O)C1(C)C(=O)[C@H](O)C3C(C)[C@@H](OC(=O)[C@H](OC(=O)CSCC(=O)O)[C@@H](NC(=O)OC(C)(C)C)c4ccccc4)CC(O)([C@@H](OC(=O)c4ccccc4)[C@@H]12)C3(C)C. The minimum atomic E-state index is -2.40. The highest BCUT2D eigenvalue weighted by Gasteiger charge is 2.79. The van der Waals surface area contributed by atoms with Crippen LogP contribution in [0.15, 0.2) is 60.7 Å². The number of aliphatic hydroxyl groups excluding tert-OH is 2. The number of Topliss-reactive ketones (excluding diaryl/α,β-unsaturated/α-hetero) is 1. The first-order valence-corrected chi connectivity index (χ1v) is 22.9. The summed E-state index contributed by atoms with van der Waals surface area (Å²) in [5, 5.41) is 49.9. The molecule has 1 amide bonds. The van der Waals surface area contributed by atoms with Crippen molar-refractivity contribution in [2.45, 2.75) is 128 Å². The lowest BCUT2D eigenvalue weighted by atomic mass is 9.42. The molecule has 1 heterocycles. The summed E-state index contributed by atoms with van der Waals surface area (Å²) in [6.07, 6.45) is -11.7. The molecule has 1 aliphatic heterocycles. The Hall–Kier alpha value is -5.08. The van der Waals surface area contributed by atoms with Gasteiger partial charge in [0.1, 0.15) is 41.7 Å². The predicted molar refractivity (Wildman–Crippen MR) is 232 cm³/mol. The van der Waals surface area contributed by atoms with Crippen LogP contribution in [-0.2, 0) is 52.4 Å². The largest absolute Gasteiger partial charge is 0.481 e. The Morgan fingerprint density at radius 1 is 0.939 bits per heavy atom. The topological polar surface area (TPSA) is 268 Å². The van der Waals surface area contributed by atoms with Gasteiger partial charge < -0.3 is 54.2 Å². The number of thioether (sulfide) groups is 1. The number of carbonyl (C=O) groups excluding carboxylic acids is 6. The highest BCUT2D eigenvalue weighted by atomic mass is 32.2.